The van der Waals surface area contributed by atoms with Gasteiger partial charge in [-0.15, -0.1) is 0 Å². The van der Waals surface area contributed by atoms with E-state index in [2.05, 4.69) is 26.7 Å². The van der Waals surface area contributed by atoms with E-state index in [1.165, 1.54) is 11.3 Å². The van der Waals surface area contributed by atoms with Gasteiger partial charge in [0, 0.05) is 35.8 Å². The summed E-state index contributed by atoms with van der Waals surface area (Å²) in [7, 11) is 0. The first kappa shape index (κ1) is 22.3. The lowest BCUT2D eigenvalue weighted by Gasteiger charge is -2.39. The highest BCUT2D eigenvalue weighted by Crippen LogP contribution is 2.38. The minimum Gasteiger partial charge on any atom is -0.444 e. The van der Waals surface area contributed by atoms with Crippen molar-refractivity contribution in [3.63, 3.8) is 0 Å². The summed E-state index contributed by atoms with van der Waals surface area (Å²) in [5.41, 5.74) is 0.314. The predicted molar refractivity (Wildman–Crippen MR) is 131 cm³/mol. The van der Waals surface area contributed by atoms with Gasteiger partial charge in [-0.1, -0.05) is 11.3 Å². The molecule has 2 bridgehead atoms. The predicted octanol–water partition coefficient (Wildman–Crippen LogP) is 5.04. The van der Waals surface area contributed by atoms with E-state index in [0.29, 0.717) is 15.8 Å². The molecule has 0 aromatic carbocycles. The molecule has 0 spiro atoms. The number of nitrogens with one attached hydrogen (secondary N) is 2. The number of aromatic nitrogens is 3. The second-order valence-corrected chi connectivity index (χ2v) is 10.8. The molecule has 0 unspecified atom stereocenters. The van der Waals surface area contributed by atoms with Gasteiger partial charge < -0.3 is 20.3 Å². The van der Waals surface area contributed by atoms with E-state index in [9.17, 15) is 4.79 Å². The van der Waals surface area contributed by atoms with Crippen molar-refractivity contribution in [1.82, 2.24) is 19.9 Å². The molecule has 3 aromatic heterocycles. The molecular weight excluding hydrogens is 450 g/mol. The zero-order valence-corrected chi connectivity index (χ0v) is 20.2. The number of rotatable bonds is 4. The Bertz CT molecular complexity index is 1250. The summed E-state index contributed by atoms with van der Waals surface area (Å²) in [6, 6.07) is 8.40. The normalized spacial score (nSPS) is 21.8. The van der Waals surface area contributed by atoms with Gasteiger partial charge in [0.05, 0.1) is 11.7 Å². The molecule has 2 N–H and O–H groups in total. The van der Waals surface area contributed by atoms with Crippen LogP contribution >= 0.6 is 11.3 Å². The van der Waals surface area contributed by atoms with Gasteiger partial charge in [-0.25, -0.2) is 14.8 Å². The number of anilines is 3. The molecule has 2 fully saturated rings. The maximum Gasteiger partial charge on any atom is 0.410 e. The lowest BCUT2D eigenvalue weighted by Crippen LogP contribution is -2.51. The number of thiazole rings is 1. The van der Waals surface area contributed by atoms with Crippen LogP contribution in [0.2, 0.25) is 0 Å². The highest BCUT2D eigenvalue weighted by Gasteiger charge is 2.45. The summed E-state index contributed by atoms with van der Waals surface area (Å²) in [6.07, 6.45) is 6.75. The fourth-order valence-electron chi connectivity index (χ4n) is 4.84. The molecule has 34 heavy (non-hydrogen) atoms. The molecule has 2 aliphatic heterocycles. The van der Waals surface area contributed by atoms with Crippen LogP contribution in [0.3, 0.4) is 0 Å². The van der Waals surface area contributed by atoms with Crippen molar-refractivity contribution in [3.8, 4) is 6.07 Å². The van der Waals surface area contributed by atoms with Gasteiger partial charge >= 0.3 is 6.09 Å². The largest absolute Gasteiger partial charge is 0.444 e. The number of pyridine rings is 2. The van der Waals surface area contributed by atoms with Gasteiger partial charge in [-0.2, -0.15) is 5.26 Å². The van der Waals surface area contributed by atoms with Crippen LogP contribution < -0.4 is 10.6 Å². The minimum atomic E-state index is -0.500. The monoisotopic (exact) mass is 477 g/mol. The van der Waals surface area contributed by atoms with E-state index in [1.807, 2.05) is 43.9 Å². The maximum absolute atomic E-state index is 12.8. The summed E-state index contributed by atoms with van der Waals surface area (Å²) >= 11 is 1.28. The number of nitrogens with zero attached hydrogens (tertiary/aromatic N) is 5. The van der Waals surface area contributed by atoms with E-state index in [4.69, 9.17) is 15.0 Å². The number of nitriles is 1. The third kappa shape index (κ3) is 4.61. The Balaban J connectivity index is 1.36. The molecule has 0 saturated carbocycles. The molecule has 2 aliphatic rings. The molecule has 3 aromatic rings. The number of fused-ring (bicyclic) bond motifs is 3. The third-order valence-electron chi connectivity index (χ3n) is 6.13. The molecule has 9 nitrogen and oxygen atoms in total. The van der Waals surface area contributed by atoms with Gasteiger partial charge in [0.15, 0.2) is 5.13 Å². The lowest BCUT2D eigenvalue weighted by molar-refractivity contribution is 0.00683. The molecular formula is C24H27N7O2S. The Hall–Kier alpha value is -3.45. The average molecular weight is 478 g/mol. The van der Waals surface area contributed by atoms with Crippen molar-refractivity contribution in [2.24, 2.45) is 0 Å². The first-order chi connectivity index (χ1) is 16.3. The number of hydrogen-bond donors (Lipinski definition) is 2. The summed E-state index contributed by atoms with van der Waals surface area (Å²) in [4.78, 5) is 28.8. The second kappa shape index (κ2) is 8.72. The van der Waals surface area contributed by atoms with Crippen molar-refractivity contribution in [3.05, 3.63) is 35.5 Å². The molecule has 5 heterocycles. The quantitative estimate of drug-likeness (QED) is 0.537. The van der Waals surface area contributed by atoms with Gasteiger partial charge in [-0.3, -0.25) is 4.98 Å². The van der Waals surface area contributed by atoms with E-state index in [-0.39, 0.29) is 24.2 Å². The Labute approximate surface area is 202 Å². The topological polar surface area (TPSA) is 116 Å². The fraction of sp³-hybridized carbons (Fsp3) is 0.458. The highest BCUT2D eigenvalue weighted by atomic mass is 32.1. The van der Waals surface area contributed by atoms with Crippen molar-refractivity contribution in [2.45, 2.75) is 70.2 Å². The van der Waals surface area contributed by atoms with Crippen LogP contribution in [0.15, 0.2) is 30.6 Å². The smallest absolute Gasteiger partial charge is 0.410 e. The molecule has 5 rings (SSSR count). The highest BCUT2D eigenvalue weighted by molar-refractivity contribution is 7.16. The molecule has 2 saturated heterocycles. The van der Waals surface area contributed by atoms with Crippen LogP contribution in [0.1, 0.15) is 51.3 Å². The zero-order valence-electron chi connectivity index (χ0n) is 19.4. The average Bonchev–Trinajstić information content (AvgIpc) is 3.34. The standard InChI is InChI=1S/C24H27N7O2S/c1-24(2,3)33-23(32)31-15-6-7-16(31)10-14(9-15)28-21-18-5-4-8-26-19(18)11-20(29-21)30-22-27-13-17(12-25)34-22/h4-5,8,11,13-16H,6-7,9-10H2,1-3H3,(H2,27,28,29,30)/t14-,15-,16+. The number of hydrogen-bond acceptors (Lipinski definition) is 9. The van der Waals surface area contributed by atoms with E-state index < -0.39 is 5.60 Å². The zero-order chi connectivity index (χ0) is 23.9. The Kier molecular flexibility index (Phi) is 5.73. The fourth-order valence-corrected chi connectivity index (χ4v) is 5.46. The van der Waals surface area contributed by atoms with Gasteiger partial charge in [0.1, 0.15) is 28.2 Å². The summed E-state index contributed by atoms with van der Waals surface area (Å²) < 4.78 is 5.66. The summed E-state index contributed by atoms with van der Waals surface area (Å²) in [6.45, 7) is 5.71. The first-order valence-corrected chi connectivity index (χ1v) is 12.3. The van der Waals surface area contributed by atoms with Gasteiger partial charge in [0.25, 0.3) is 0 Å². The SMILES string of the molecule is CC(C)(C)OC(=O)N1[C@@H]2CC[C@H]1C[C@H](Nc1nc(Nc3ncc(C#N)s3)cc3ncccc13)C2. The summed E-state index contributed by atoms with van der Waals surface area (Å²) in [5, 5.41) is 17.4. The van der Waals surface area contributed by atoms with Crippen molar-refractivity contribution >= 4 is 45.1 Å². The third-order valence-corrected chi connectivity index (χ3v) is 6.95. The molecule has 3 atom stereocenters. The molecule has 1 amide bonds. The maximum atomic E-state index is 12.8. The second-order valence-electron chi connectivity index (χ2n) is 9.78. The van der Waals surface area contributed by atoms with Crippen LogP contribution in [0.4, 0.5) is 21.6 Å². The van der Waals surface area contributed by atoms with E-state index >= 15 is 0 Å². The van der Waals surface area contributed by atoms with Gasteiger partial charge in [0.2, 0.25) is 0 Å². The van der Waals surface area contributed by atoms with Crippen molar-refractivity contribution in [1.29, 1.82) is 5.26 Å². The molecule has 10 heteroatoms. The van der Waals surface area contributed by atoms with Crippen LogP contribution in [0.5, 0.6) is 0 Å². The lowest BCUT2D eigenvalue weighted by atomic mass is 9.97. The number of piperidine rings is 1. The van der Waals surface area contributed by atoms with E-state index in [1.54, 1.807) is 12.4 Å². The Morgan fingerprint density at radius 3 is 2.71 bits per heavy atom. The first-order valence-electron chi connectivity index (χ1n) is 11.5. The van der Waals surface area contributed by atoms with Crippen LogP contribution in [0, 0.1) is 11.3 Å². The number of carbonyl (C=O) groups excluding carboxylic acids is 1. The Morgan fingerprint density at radius 1 is 1.26 bits per heavy atom. The Morgan fingerprint density at radius 2 is 2.03 bits per heavy atom. The molecule has 176 valence electrons. The van der Waals surface area contributed by atoms with Crippen LogP contribution in [-0.2, 0) is 4.74 Å². The van der Waals surface area contributed by atoms with E-state index in [0.717, 1.165) is 42.4 Å². The van der Waals surface area contributed by atoms with Crippen LogP contribution in [0.25, 0.3) is 10.9 Å². The number of ether oxygens (including phenoxy) is 1. The summed E-state index contributed by atoms with van der Waals surface area (Å²) in [5.74, 6) is 1.36. The number of amides is 1. The van der Waals surface area contributed by atoms with Crippen molar-refractivity contribution < 1.29 is 9.53 Å². The molecule has 0 aliphatic carbocycles. The molecule has 0 radical (unpaired) electrons. The van der Waals surface area contributed by atoms with Crippen LogP contribution in [-0.4, -0.2) is 49.7 Å². The van der Waals surface area contributed by atoms with Gasteiger partial charge in [-0.05, 0) is 58.6 Å². The minimum absolute atomic E-state index is 0.163. The number of carbonyl (C=O) groups is 1. The van der Waals surface area contributed by atoms with Crippen molar-refractivity contribution in [2.75, 3.05) is 10.6 Å².